The second-order valence-electron chi connectivity index (χ2n) is 5.56. The Morgan fingerprint density at radius 1 is 1.23 bits per heavy atom. The largest absolute Gasteiger partial charge is 0.338 e. The van der Waals surface area contributed by atoms with E-state index in [0.29, 0.717) is 13.0 Å². The van der Waals surface area contributed by atoms with E-state index in [4.69, 9.17) is 5.26 Å². The molecule has 0 aliphatic rings. The fraction of sp³-hybridized carbons (Fsp3) is 0.105. The Hall–Kier alpha value is -3.66. The molecule has 0 spiro atoms. The number of aromatic nitrogens is 2. The van der Waals surface area contributed by atoms with E-state index >= 15 is 0 Å². The number of amides is 2. The van der Waals surface area contributed by atoms with Crippen LogP contribution in [0, 0.1) is 17.1 Å². The van der Waals surface area contributed by atoms with Gasteiger partial charge in [-0.25, -0.2) is 13.9 Å². The molecule has 0 unspecified atom stereocenters. The van der Waals surface area contributed by atoms with Gasteiger partial charge in [0.15, 0.2) is 0 Å². The molecule has 2 amide bonds. The molecule has 1 heterocycles. The van der Waals surface area contributed by atoms with Crippen LogP contribution in [0.1, 0.15) is 11.1 Å². The molecule has 130 valence electrons. The molecule has 0 aliphatic carbocycles. The third-order valence-corrected chi connectivity index (χ3v) is 3.71. The first kappa shape index (κ1) is 17.2. The Morgan fingerprint density at radius 2 is 2.04 bits per heavy atom. The number of urea groups is 1. The van der Waals surface area contributed by atoms with Gasteiger partial charge in [0.25, 0.3) is 0 Å². The van der Waals surface area contributed by atoms with Crippen LogP contribution in [0.25, 0.3) is 5.69 Å². The molecule has 3 aromatic rings. The lowest BCUT2D eigenvalue weighted by atomic mass is 10.2. The number of nitriles is 1. The molecule has 2 aromatic carbocycles. The van der Waals surface area contributed by atoms with Crippen molar-refractivity contribution in [3.05, 3.63) is 77.9 Å². The summed E-state index contributed by atoms with van der Waals surface area (Å²) >= 11 is 0. The smallest absolute Gasteiger partial charge is 0.319 e. The predicted molar refractivity (Wildman–Crippen MR) is 95.4 cm³/mol. The number of carbonyl (C=O) groups is 1. The van der Waals surface area contributed by atoms with Gasteiger partial charge in [0.1, 0.15) is 11.9 Å². The Bertz CT molecular complexity index is 946. The van der Waals surface area contributed by atoms with Crippen molar-refractivity contribution in [1.82, 2.24) is 15.1 Å². The first-order valence-corrected chi connectivity index (χ1v) is 7.99. The highest BCUT2D eigenvalue weighted by Crippen LogP contribution is 2.15. The van der Waals surface area contributed by atoms with Crippen LogP contribution in [0.2, 0.25) is 0 Å². The van der Waals surface area contributed by atoms with E-state index in [2.05, 4.69) is 15.7 Å². The summed E-state index contributed by atoms with van der Waals surface area (Å²) in [7, 11) is 0. The zero-order valence-corrected chi connectivity index (χ0v) is 13.8. The normalized spacial score (nSPS) is 10.2. The summed E-state index contributed by atoms with van der Waals surface area (Å²) in [5, 5.41) is 18.5. The van der Waals surface area contributed by atoms with Crippen molar-refractivity contribution < 1.29 is 9.18 Å². The predicted octanol–water partition coefficient (Wildman–Crippen LogP) is 3.25. The highest BCUT2D eigenvalue weighted by atomic mass is 19.1. The number of nitrogens with zero attached hydrogens (tertiary/aromatic N) is 3. The van der Waals surface area contributed by atoms with Crippen LogP contribution in [0.15, 0.2) is 60.9 Å². The van der Waals surface area contributed by atoms with Gasteiger partial charge in [0.2, 0.25) is 0 Å². The minimum Gasteiger partial charge on any atom is -0.338 e. The van der Waals surface area contributed by atoms with Gasteiger partial charge in [-0.3, -0.25) is 0 Å². The number of benzene rings is 2. The maximum Gasteiger partial charge on any atom is 0.319 e. The third-order valence-electron chi connectivity index (χ3n) is 3.71. The third kappa shape index (κ3) is 4.24. The van der Waals surface area contributed by atoms with Crippen LogP contribution in [-0.4, -0.2) is 22.4 Å². The monoisotopic (exact) mass is 349 g/mol. The minimum absolute atomic E-state index is 0.0734. The second kappa shape index (κ2) is 7.94. The van der Waals surface area contributed by atoms with Crippen molar-refractivity contribution in [3.8, 4) is 11.8 Å². The van der Waals surface area contributed by atoms with Gasteiger partial charge >= 0.3 is 6.03 Å². The van der Waals surface area contributed by atoms with E-state index < -0.39 is 11.8 Å². The number of rotatable bonds is 5. The van der Waals surface area contributed by atoms with Gasteiger partial charge in [-0.05, 0) is 42.3 Å². The molecule has 26 heavy (non-hydrogen) atoms. The Morgan fingerprint density at radius 3 is 2.81 bits per heavy atom. The lowest BCUT2D eigenvalue weighted by Gasteiger charge is -2.08. The molecule has 0 saturated heterocycles. The number of anilines is 1. The van der Waals surface area contributed by atoms with E-state index in [1.165, 1.54) is 12.1 Å². The van der Waals surface area contributed by atoms with Crippen LogP contribution < -0.4 is 10.6 Å². The summed E-state index contributed by atoms with van der Waals surface area (Å²) in [4.78, 5) is 11.9. The maximum atomic E-state index is 13.1. The maximum absolute atomic E-state index is 13.1. The fourth-order valence-corrected chi connectivity index (χ4v) is 2.42. The quantitative estimate of drug-likeness (QED) is 0.742. The average Bonchev–Trinajstić information content (AvgIpc) is 3.13. The molecule has 0 saturated carbocycles. The molecule has 0 radical (unpaired) electrons. The van der Waals surface area contributed by atoms with Crippen molar-refractivity contribution in [2.24, 2.45) is 0 Å². The van der Waals surface area contributed by atoms with E-state index in [1.54, 1.807) is 10.9 Å². The fourth-order valence-electron chi connectivity index (χ4n) is 2.42. The summed E-state index contributed by atoms with van der Waals surface area (Å²) < 4.78 is 14.9. The number of nitrogens with one attached hydrogen (secondary N) is 2. The first-order chi connectivity index (χ1) is 12.7. The van der Waals surface area contributed by atoms with Gasteiger partial charge in [-0.15, -0.1) is 0 Å². The van der Waals surface area contributed by atoms with Crippen LogP contribution >= 0.6 is 0 Å². The summed E-state index contributed by atoms with van der Waals surface area (Å²) in [5.74, 6) is -0.525. The molecule has 1 aromatic heterocycles. The average molecular weight is 349 g/mol. The first-order valence-electron chi connectivity index (χ1n) is 7.99. The highest BCUT2D eigenvalue weighted by molar-refractivity contribution is 5.90. The van der Waals surface area contributed by atoms with Gasteiger partial charge in [-0.1, -0.05) is 18.2 Å². The number of para-hydroxylation sites is 1. The van der Waals surface area contributed by atoms with Crippen molar-refractivity contribution in [2.75, 3.05) is 11.9 Å². The molecule has 0 fully saturated rings. The van der Waals surface area contributed by atoms with Crippen LogP contribution in [-0.2, 0) is 6.42 Å². The van der Waals surface area contributed by atoms with Crippen molar-refractivity contribution in [3.63, 3.8) is 0 Å². The van der Waals surface area contributed by atoms with Crippen LogP contribution in [0.3, 0.4) is 0 Å². The summed E-state index contributed by atoms with van der Waals surface area (Å²) in [5.41, 5.74) is 2.28. The topological polar surface area (TPSA) is 82.7 Å². The van der Waals surface area contributed by atoms with Gasteiger partial charge in [0, 0.05) is 12.7 Å². The summed E-state index contributed by atoms with van der Waals surface area (Å²) in [6.07, 6.45) is 4.26. The van der Waals surface area contributed by atoms with Crippen molar-refractivity contribution in [1.29, 1.82) is 5.26 Å². The number of hydrogen-bond acceptors (Lipinski definition) is 3. The SMILES string of the molecule is N#Cc1cc(F)ccc1NC(=O)NCCc1cnn(-c2ccccc2)c1. The molecule has 0 aliphatic heterocycles. The van der Waals surface area contributed by atoms with E-state index in [9.17, 15) is 9.18 Å². The minimum atomic E-state index is -0.525. The highest BCUT2D eigenvalue weighted by Gasteiger charge is 2.08. The van der Waals surface area contributed by atoms with Gasteiger partial charge < -0.3 is 10.6 Å². The van der Waals surface area contributed by atoms with E-state index in [1.807, 2.05) is 42.6 Å². The molecule has 3 rings (SSSR count). The Balaban J connectivity index is 1.52. The Labute approximate surface area is 149 Å². The summed E-state index contributed by atoms with van der Waals surface area (Å²) in [6, 6.07) is 14.7. The number of carbonyl (C=O) groups excluding carboxylic acids is 1. The second-order valence-corrected chi connectivity index (χ2v) is 5.56. The molecule has 6 nitrogen and oxygen atoms in total. The number of halogens is 1. The molecule has 0 atom stereocenters. The Kier molecular flexibility index (Phi) is 5.25. The van der Waals surface area contributed by atoms with Crippen LogP contribution in [0.4, 0.5) is 14.9 Å². The summed E-state index contributed by atoms with van der Waals surface area (Å²) in [6.45, 7) is 0.398. The van der Waals surface area contributed by atoms with Gasteiger partial charge in [-0.2, -0.15) is 10.4 Å². The molecular weight excluding hydrogens is 333 g/mol. The molecular formula is C19H16FN5O. The molecule has 7 heteroatoms. The van der Waals surface area contributed by atoms with E-state index in [-0.39, 0.29) is 11.3 Å². The number of hydrogen-bond donors (Lipinski definition) is 2. The molecule has 2 N–H and O–H groups in total. The zero-order chi connectivity index (χ0) is 18.4. The standard InChI is InChI=1S/C19H16FN5O/c20-16-6-7-18(15(10-16)11-21)24-19(26)22-9-8-14-12-23-25(13-14)17-4-2-1-3-5-17/h1-7,10,12-13H,8-9H2,(H2,22,24,26). The van der Waals surface area contributed by atoms with Crippen molar-refractivity contribution >= 4 is 11.7 Å². The zero-order valence-electron chi connectivity index (χ0n) is 13.8. The molecule has 0 bridgehead atoms. The lowest BCUT2D eigenvalue weighted by molar-refractivity contribution is 0.252. The van der Waals surface area contributed by atoms with Gasteiger partial charge in [0.05, 0.1) is 23.1 Å². The van der Waals surface area contributed by atoms with Crippen molar-refractivity contribution in [2.45, 2.75) is 6.42 Å². The van der Waals surface area contributed by atoms with E-state index in [0.717, 1.165) is 17.3 Å². The lowest BCUT2D eigenvalue weighted by Crippen LogP contribution is -2.30. The van der Waals surface area contributed by atoms with Crippen LogP contribution in [0.5, 0.6) is 0 Å².